The number of carbonyl (C=O) groups is 1. The van der Waals surface area contributed by atoms with Gasteiger partial charge in [-0.15, -0.1) is 0 Å². The average Bonchev–Trinajstić information content (AvgIpc) is 2.01. The highest BCUT2D eigenvalue weighted by atomic mass is 19.4. The number of hydrogen-bond donors (Lipinski definition) is 1. The van der Waals surface area contributed by atoms with Crippen LogP contribution in [0.5, 0.6) is 0 Å². The summed E-state index contributed by atoms with van der Waals surface area (Å²) in [5.41, 5.74) is 4.13. The first-order valence-corrected chi connectivity index (χ1v) is 3.57. The Bertz CT molecular complexity index is 349. The van der Waals surface area contributed by atoms with E-state index in [1.54, 1.807) is 0 Å². The number of nitrogens with two attached hydrogens (primary N) is 1. The molecule has 2 N–H and O–H groups in total. The molecule has 75 valence electrons. The number of aromatic nitrogens is 1. The molecule has 0 unspecified atom stereocenters. The van der Waals surface area contributed by atoms with Crippen molar-refractivity contribution in [3.63, 3.8) is 0 Å². The number of pyridine rings is 1. The predicted molar refractivity (Wildman–Crippen MR) is 42.2 cm³/mol. The maximum Gasteiger partial charge on any atom is 0.396 e. The number of hydrogen-bond acceptors (Lipinski definition) is 2. The molecule has 0 aliphatic heterocycles. The molecule has 6 heteroatoms. The first-order valence-electron chi connectivity index (χ1n) is 3.57. The Kier molecular flexibility index (Phi) is 2.73. The number of alkyl halides is 3. The number of nitrogens with zero attached hydrogens (tertiary/aromatic N) is 1. The fourth-order valence-corrected chi connectivity index (χ4v) is 0.916. The van der Waals surface area contributed by atoms with Crippen molar-refractivity contribution in [2.24, 2.45) is 5.73 Å². The van der Waals surface area contributed by atoms with Crippen LogP contribution in [0.4, 0.5) is 13.2 Å². The monoisotopic (exact) mass is 203 g/mol. The largest absolute Gasteiger partial charge is 0.396 e. The second kappa shape index (κ2) is 3.65. The normalized spacial score (nSPS) is 11.4. The van der Waals surface area contributed by atoms with Crippen molar-refractivity contribution in [1.82, 2.24) is 4.98 Å². The van der Waals surface area contributed by atoms with Gasteiger partial charge in [0.1, 0.15) is 5.69 Å². The smallest absolute Gasteiger partial charge is 0.364 e. The molecule has 0 spiro atoms. The first kappa shape index (κ1) is 10.5. The number of halogens is 3. The topological polar surface area (TPSA) is 56.0 Å². The number of primary amides is 1. The fraction of sp³-hybridized carbons (Fsp3) is 0.125. The van der Waals surface area contributed by atoms with Crippen molar-refractivity contribution in [3.05, 3.63) is 36.0 Å². The number of rotatable bonds is 2. The second-order valence-electron chi connectivity index (χ2n) is 2.49. The number of carbonyl (C=O) groups excluding carboxylic acids is 1. The molecule has 3 nitrogen and oxygen atoms in total. The van der Waals surface area contributed by atoms with Crippen LogP contribution >= 0.6 is 0 Å². The van der Waals surface area contributed by atoms with Gasteiger partial charge in [-0.3, -0.25) is 9.78 Å². The van der Waals surface area contributed by atoms with E-state index in [-0.39, 0.29) is 17.7 Å². The third-order valence-corrected chi connectivity index (χ3v) is 1.39. The van der Waals surface area contributed by atoms with Gasteiger partial charge in [0.25, 0.3) is 5.91 Å². The van der Waals surface area contributed by atoms with Crippen molar-refractivity contribution >= 4 is 5.91 Å². The molecular formula is C8H6F3N2O. The van der Waals surface area contributed by atoms with Gasteiger partial charge < -0.3 is 5.73 Å². The number of amides is 1. The van der Waals surface area contributed by atoms with Crippen molar-refractivity contribution in [2.45, 2.75) is 6.18 Å². The van der Waals surface area contributed by atoms with Crippen LogP contribution in [-0.4, -0.2) is 17.1 Å². The molecule has 0 saturated heterocycles. The zero-order valence-electron chi connectivity index (χ0n) is 6.88. The lowest BCUT2D eigenvalue weighted by Crippen LogP contribution is -2.18. The van der Waals surface area contributed by atoms with E-state index in [0.717, 1.165) is 6.07 Å². The Hall–Kier alpha value is -1.59. The standard InChI is InChI=1S/C8H6F3N2O/c9-8(10,11)4-5-2-1-3-13-6(5)7(12)14/h1-4H,(H2,12,14). The van der Waals surface area contributed by atoms with Crippen LogP contribution in [-0.2, 0) is 0 Å². The van der Waals surface area contributed by atoms with Crippen LogP contribution in [0.3, 0.4) is 0 Å². The molecule has 0 aromatic carbocycles. The molecule has 1 rings (SSSR count). The van der Waals surface area contributed by atoms with Crippen LogP contribution in [0.1, 0.15) is 16.1 Å². The highest BCUT2D eigenvalue weighted by molar-refractivity contribution is 5.92. The molecule has 1 aromatic heterocycles. The quantitative estimate of drug-likeness (QED) is 0.787. The van der Waals surface area contributed by atoms with Crippen LogP contribution in [0.25, 0.3) is 0 Å². The first-order chi connectivity index (χ1) is 6.40. The molecule has 1 amide bonds. The van der Waals surface area contributed by atoms with Gasteiger partial charge in [-0.25, -0.2) is 0 Å². The summed E-state index contributed by atoms with van der Waals surface area (Å²) in [6, 6.07) is 2.42. The molecule has 0 aliphatic carbocycles. The summed E-state index contributed by atoms with van der Waals surface area (Å²) in [5, 5.41) is 0. The highest BCUT2D eigenvalue weighted by Gasteiger charge is 2.30. The maximum absolute atomic E-state index is 11.9. The molecule has 0 aliphatic rings. The highest BCUT2D eigenvalue weighted by Crippen LogP contribution is 2.24. The molecule has 0 saturated carbocycles. The predicted octanol–water partition coefficient (Wildman–Crippen LogP) is 1.30. The summed E-state index contributed by atoms with van der Waals surface area (Å²) in [5.74, 6) is -0.985. The molecule has 0 bridgehead atoms. The molecule has 14 heavy (non-hydrogen) atoms. The molecule has 1 heterocycles. The van der Waals surface area contributed by atoms with E-state index < -0.39 is 12.1 Å². The third kappa shape index (κ3) is 2.72. The summed E-state index contributed by atoms with van der Waals surface area (Å²) < 4.78 is 35.8. The fourth-order valence-electron chi connectivity index (χ4n) is 0.916. The minimum Gasteiger partial charge on any atom is -0.364 e. The van der Waals surface area contributed by atoms with Gasteiger partial charge in [0.05, 0.1) is 6.42 Å². The Labute approximate surface area is 77.7 Å². The SMILES string of the molecule is NC(=O)c1ncccc1[CH]C(F)(F)F. The Balaban J connectivity index is 3.02. The van der Waals surface area contributed by atoms with E-state index in [0.29, 0.717) is 0 Å². The van der Waals surface area contributed by atoms with Crippen molar-refractivity contribution in [2.75, 3.05) is 0 Å². The van der Waals surface area contributed by atoms with Gasteiger partial charge in [0.2, 0.25) is 0 Å². The van der Waals surface area contributed by atoms with Gasteiger partial charge in [-0.1, -0.05) is 6.07 Å². The van der Waals surface area contributed by atoms with Crippen LogP contribution in [0, 0.1) is 6.42 Å². The van der Waals surface area contributed by atoms with Gasteiger partial charge in [-0.2, -0.15) is 13.2 Å². The van der Waals surface area contributed by atoms with Crippen LogP contribution in [0.2, 0.25) is 0 Å². The maximum atomic E-state index is 11.9. The van der Waals surface area contributed by atoms with E-state index in [2.05, 4.69) is 4.98 Å². The van der Waals surface area contributed by atoms with E-state index in [9.17, 15) is 18.0 Å². The van der Waals surface area contributed by atoms with Gasteiger partial charge in [-0.05, 0) is 11.6 Å². The van der Waals surface area contributed by atoms with Gasteiger partial charge in [0, 0.05) is 6.20 Å². The van der Waals surface area contributed by atoms with E-state index >= 15 is 0 Å². The van der Waals surface area contributed by atoms with Crippen molar-refractivity contribution in [3.8, 4) is 0 Å². The zero-order valence-corrected chi connectivity index (χ0v) is 6.88. The van der Waals surface area contributed by atoms with Crippen molar-refractivity contribution in [1.29, 1.82) is 0 Å². The summed E-state index contributed by atoms with van der Waals surface area (Å²) in [7, 11) is 0. The Morgan fingerprint density at radius 3 is 2.64 bits per heavy atom. The van der Waals surface area contributed by atoms with E-state index in [1.807, 2.05) is 0 Å². The minimum atomic E-state index is -4.49. The average molecular weight is 203 g/mol. The molecule has 0 fully saturated rings. The Morgan fingerprint density at radius 1 is 1.50 bits per heavy atom. The van der Waals surface area contributed by atoms with Crippen molar-refractivity contribution < 1.29 is 18.0 Å². The zero-order chi connectivity index (χ0) is 10.8. The molecule has 1 radical (unpaired) electrons. The molecule has 1 aromatic rings. The van der Waals surface area contributed by atoms with Crippen LogP contribution in [0.15, 0.2) is 18.3 Å². The lowest BCUT2D eigenvalue weighted by molar-refractivity contribution is -0.0928. The summed E-state index contributed by atoms with van der Waals surface area (Å²) in [6.45, 7) is 0. The van der Waals surface area contributed by atoms with Gasteiger partial charge >= 0.3 is 6.18 Å². The lowest BCUT2D eigenvalue weighted by Gasteiger charge is -2.07. The van der Waals surface area contributed by atoms with E-state index in [4.69, 9.17) is 5.73 Å². The summed E-state index contributed by atoms with van der Waals surface area (Å²) in [6.07, 6.45) is -3.30. The summed E-state index contributed by atoms with van der Waals surface area (Å²) >= 11 is 0. The third-order valence-electron chi connectivity index (χ3n) is 1.39. The molecular weight excluding hydrogens is 197 g/mol. The van der Waals surface area contributed by atoms with E-state index in [1.165, 1.54) is 12.3 Å². The van der Waals surface area contributed by atoms with Gasteiger partial charge in [0.15, 0.2) is 0 Å². The summed E-state index contributed by atoms with van der Waals surface area (Å²) in [4.78, 5) is 14.1. The molecule has 0 atom stereocenters. The Morgan fingerprint density at radius 2 is 2.14 bits per heavy atom. The lowest BCUT2D eigenvalue weighted by atomic mass is 10.1. The second-order valence-corrected chi connectivity index (χ2v) is 2.49. The minimum absolute atomic E-state index is 0.0138. The van der Waals surface area contributed by atoms with Crippen LogP contribution < -0.4 is 5.73 Å².